The van der Waals surface area contributed by atoms with Crippen LogP contribution in [0.5, 0.6) is 0 Å². The van der Waals surface area contributed by atoms with Crippen LogP contribution in [0.1, 0.15) is 43.3 Å². The van der Waals surface area contributed by atoms with Crippen molar-refractivity contribution in [2.24, 2.45) is 5.92 Å². The first-order valence-corrected chi connectivity index (χ1v) is 9.37. The summed E-state index contributed by atoms with van der Waals surface area (Å²) in [5.41, 5.74) is 1.33. The molecule has 0 fully saturated rings. The second-order valence-electron chi connectivity index (χ2n) is 7.26. The number of carbonyl (C=O) groups is 2. The Morgan fingerprint density at radius 2 is 1.90 bits per heavy atom. The van der Waals surface area contributed by atoms with Crippen LogP contribution in [0.4, 0.5) is 5.69 Å². The lowest BCUT2D eigenvalue weighted by Crippen LogP contribution is -2.33. The lowest BCUT2D eigenvalue weighted by atomic mass is 9.97. The Morgan fingerprint density at radius 1 is 1.24 bits per heavy atom. The zero-order valence-corrected chi connectivity index (χ0v) is 17.0. The molecule has 1 N–H and O–H groups in total. The van der Waals surface area contributed by atoms with Crippen LogP contribution in [-0.4, -0.2) is 33.2 Å². The molecule has 9 nitrogen and oxygen atoms in total. The molecule has 0 aliphatic rings. The number of aryl methyl sites for hydroxylation is 1. The van der Waals surface area contributed by atoms with E-state index in [0.717, 1.165) is 12.0 Å². The first-order chi connectivity index (χ1) is 13.7. The number of carbonyl (C=O) groups excluding carboxylic acids is 2. The van der Waals surface area contributed by atoms with Gasteiger partial charge in [0.1, 0.15) is 17.9 Å². The Morgan fingerprint density at radius 3 is 2.45 bits per heavy atom. The summed E-state index contributed by atoms with van der Waals surface area (Å²) in [5.74, 6) is -0.738. The van der Waals surface area contributed by atoms with Crippen LogP contribution in [0, 0.1) is 29.9 Å². The van der Waals surface area contributed by atoms with Gasteiger partial charge in [-0.1, -0.05) is 44.2 Å². The van der Waals surface area contributed by atoms with Gasteiger partial charge >= 0.3 is 11.7 Å². The highest BCUT2D eigenvalue weighted by molar-refractivity contribution is 5.80. The van der Waals surface area contributed by atoms with E-state index in [1.165, 1.54) is 18.5 Å². The van der Waals surface area contributed by atoms with Gasteiger partial charge in [0.2, 0.25) is 0 Å². The van der Waals surface area contributed by atoms with E-state index in [1.807, 2.05) is 30.3 Å². The van der Waals surface area contributed by atoms with Crippen LogP contribution in [-0.2, 0) is 20.9 Å². The van der Waals surface area contributed by atoms with Crippen LogP contribution in [0.3, 0.4) is 0 Å². The molecule has 0 radical (unpaired) electrons. The van der Waals surface area contributed by atoms with Gasteiger partial charge in [0.15, 0.2) is 6.61 Å². The smallest absolute Gasteiger partial charge is 0.328 e. The lowest BCUT2D eigenvalue weighted by Gasteiger charge is -2.21. The van der Waals surface area contributed by atoms with Gasteiger partial charge in [-0.25, -0.2) is 0 Å². The van der Waals surface area contributed by atoms with Gasteiger partial charge in [-0.15, -0.1) is 0 Å². The van der Waals surface area contributed by atoms with Crippen molar-refractivity contribution in [1.29, 1.82) is 0 Å². The number of hydrogen-bond donors (Lipinski definition) is 1. The Labute approximate surface area is 169 Å². The van der Waals surface area contributed by atoms with Gasteiger partial charge in [0, 0.05) is 0 Å². The average molecular weight is 402 g/mol. The van der Waals surface area contributed by atoms with Gasteiger partial charge in [-0.3, -0.25) is 24.4 Å². The Hall–Kier alpha value is -3.23. The summed E-state index contributed by atoms with van der Waals surface area (Å²) < 4.78 is 6.24. The predicted octanol–water partition coefficient (Wildman–Crippen LogP) is 2.85. The fourth-order valence-electron chi connectivity index (χ4n) is 3.09. The zero-order valence-electron chi connectivity index (χ0n) is 17.0. The molecular formula is C20H26N4O5. The number of benzene rings is 1. The van der Waals surface area contributed by atoms with Gasteiger partial charge in [0.05, 0.1) is 11.0 Å². The summed E-state index contributed by atoms with van der Waals surface area (Å²) in [6.07, 6.45) is 0.749. The standard InChI is InChI=1S/C20H26N4O5/c1-13(2)10-17(16-8-6-5-7-9-16)21-18(25)12-29-19(26)11-23-15(4)20(24(27)28)14(3)22-23/h5-9,13,17H,10-12H2,1-4H3,(H,21,25)/t17-/m1/s1. The van der Waals surface area contributed by atoms with Crippen molar-refractivity contribution < 1.29 is 19.2 Å². The first-order valence-electron chi connectivity index (χ1n) is 9.37. The number of aromatic nitrogens is 2. The molecule has 0 saturated carbocycles. The third-order valence-electron chi connectivity index (χ3n) is 4.41. The molecule has 156 valence electrons. The molecule has 0 unspecified atom stereocenters. The highest BCUT2D eigenvalue weighted by atomic mass is 16.6. The summed E-state index contributed by atoms with van der Waals surface area (Å²) in [6.45, 7) is 6.41. The molecule has 0 saturated heterocycles. The van der Waals surface area contributed by atoms with E-state index >= 15 is 0 Å². The van der Waals surface area contributed by atoms with E-state index in [4.69, 9.17) is 4.74 Å². The Kier molecular flexibility index (Phi) is 7.46. The third-order valence-corrected chi connectivity index (χ3v) is 4.41. The van der Waals surface area contributed by atoms with Crippen LogP contribution in [0.2, 0.25) is 0 Å². The number of amides is 1. The topological polar surface area (TPSA) is 116 Å². The van der Waals surface area contributed by atoms with Gasteiger partial charge in [0.25, 0.3) is 5.91 Å². The maximum Gasteiger partial charge on any atom is 0.328 e. The third kappa shape index (κ3) is 6.13. The molecule has 0 bridgehead atoms. The van der Waals surface area contributed by atoms with Crippen molar-refractivity contribution in [3.05, 3.63) is 57.4 Å². The quantitative estimate of drug-likeness (QED) is 0.392. The minimum absolute atomic E-state index is 0.130. The molecular weight excluding hydrogens is 376 g/mol. The molecule has 9 heteroatoms. The van der Waals surface area contributed by atoms with E-state index in [2.05, 4.69) is 24.3 Å². The second kappa shape index (κ2) is 9.81. The van der Waals surface area contributed by atoms with E-state index in [-0.39, 0.29) is 29.7 Å². The Bertz CT molecular complexity index is 876. The van der Waals surface area contributed by atoms with Crippen LogP contribution in [0.15, 0.2) is 30.3 Å². The van der Waals surface area contributed by atoms with E-state index in [0.29, 0.717) is 5.92 Å². The van der Waals surface area contributed by atoms with Crippen molar-refractivity contribution in [2.75, 3.05) is 6.61 Å². The van der Waals surface area contributed by atoms with Crippen molar-refractivity contribution in [2.45, 2.75) is 46.7 Å². The van der Waals surface area contributed by atoms with E-state index in [9.17, 15) is 19.7 Å². The maximum atomic E-state index is 12.3. The molecule has 0 spiro atoms. The molecule has 1 amide bonds. The molecule has 1 aromatic carbocycles. The normalized spacial score (nSPS) is 11.9. The first kappa shape index (κ1) is 22.1. The summed E-state index contributed by atoms with van der Waals surface area (Å²) in [5, 5.41) is 17.9. The predicted molar refractivity (Wildman–Crippen MR) is 106 cm³/mol. The molecule has 1 atom stereocenters. The van der Waals surface area contributed by atoms with Crippen LogP contribution >= 0.6 is 0 Å². The minimum atomic E-state index is -0.694. The van der Waals surface area contributed by atoms with Crippen molar-refractivity contribution >= 4 is 17.6 Å². The number of hydrogen-bond acceptors (Lipinski definition) is 6. The van der Waals surface area contributed by atoms with Gasteiger partial charge in [-0.05, 0) is 31.7 Å². The second-order valence-corrected chi connectivity index (χ2v) is 7.26. The average Bonchev–Trinajstić information content (AvgIpc) is 2.93. The monoisotopic (exact) mass is 402 g/mol. The molecule has 0 aliphatic heterocycles. The van der Waals surface area contributed by atoms with Gasteiger partial charge in [-0.2, -0.15) is 5.10 Å². The van der Waals surface area contributed by atoms with Crippen molar-refractivity contribution in [3.8, 4) is 0 Å². The number of esters is 1. The number of nitrogens with zero attached hydrogens (tertiary/aromatic N) is 3. The summed E-state index contributed by atoms with van der Waals surface area (Å²) in [7, 11) is 0. The fourth-order valence-corrected chi connectivity index (χ4v) is 3.09. The summed E-state index contributed by atoms with van der Waals surface area (Å²) >= 11 is 0. The maximum absolute atomic E-state index is 12.3. The number of nitro groups is 1. The molecule has 2 aromatic rings. The van der Waals surface area contributed by atoms with Gasteiger partial charge < -0.3 is 10.1 Å². The highest BCUT2D eigenvalue weighted by Crippen LogP contribution is 2.22. The molecule has 1 aromatic heterocycles. The SMILES string of the molecule is Cc1nn(CC(=O)OCC(=O)N[C@H](CC(C)C)c2ccccc2)c(C)c1[N+](=O)[O-]. The Balaban J connectivity index is 1.93. The fraction of sp³-hybridized carbons (Fsp3) is 0.450. The summed E-state index contributed by atoms with van der Waals surface area (Å²) in [6, 6.07) is 9.42. The number of nitrogens with one attached hydrogen (secondary N) is 1. The van der Waals surface area contributed by atoms with Crippen molar-refractivity contribution in [3.63, 3.8) is 0 Å². The minimum Gasteiger partial charge on any atom is -0.454 e. The summed E-state index contributed by atoms with van der Waals surface area (Å²) in [4.78, 5) is 34.8. The molecule has 0 aliphatic carbocycles. The number of ether oxygens (including phenoxy) is 1. The largest absolute Gasteiger partial charge is 0.454 e. The van der Waals surface area contributed by atoms with Crippen LogP contribution < -0.4 is 5.32 Å². The highest BCUT2D eigenvalue weighted by Gasteiger charge is 2.23. The van der Waals surface area contributed by atoms with E-state index in [1.54, 1.807) is 0 Å². The zero-order chi connectivity index (χ0) is 21.6. The molecule has 2 rings (SSSR count). The molecule has 29 heavy (non-hydrogen) atoms. The number of rotatable bonds is 9. The van der Waals surface area contributed by atoms with Crippen molar-refractivity contribution in [1.82, 2.24) is 15.1 Å². The lowest BCUT2D eigenvalue weighted by molar-refractivity contribution is -0.386. The van der Waals surface area contributed by atoms with E-state index < -0.39 is 23.4 Å². The molecule has 1 heterocycles. The van der Waals surface area contributed by atoms with Crippen LogP contribution in [0.25, 0.3) is 0 Å².